The molecule has 0 radical (unpaired) electrons. The average molecular weight is 392 g/mol. The lowest BCUT2D eigenvalue weighted by atomic mass is 9.97. The summed E-state index contributed by atoms with van der Waals surface area (Å²) in [5.74, 6) is -1.71. The maximum absolute atomic E-state index is 14.6. The number of hydrogen-bond acceptors (Lipinski definition) is 5. The largest absolute Gasteiger partial charge is 0.381 e. The molecule has 0 aromatic carbocycles. The number of rotatable bonds is 2. The second kappa shape index (κ2) is 5.29. The number of ether oxygens (including phenoxy) is 1. The van der Waals surface area contributed by atoms with Crippen molar-refractivity contribution in [2.75, 3.05) is 31.2 Å². The lowest BCUT2D eigenvalue weighted by Gasteiger charge is -2.36. The Hall–Kier alpha value is -2.00. The van der Waals surface area contributed by atoms with Gasteiger partial charge in [-0.3, -0.25) is 9.89 Å². The minimum atomic E-state index is -2.82. The Morgan fingerprint density at radius 1 is 1.30 bits per heavy atom. The standard InChI is InChI=1S/C18H18F2N4O2S/c19-18(20)1-9-14-16(27-15(9)8-2-21-22-3-8)17(25)23-12(4-24(14)7-18)13-10-5-26-6-11(10)13/h2-3,10-13H,1,4-7H2,(H,21,22)(H,23,25)/t10-,11+,12-,13?/m1/s1. The van der Waals surface area contributed by atoms with Crippen LogP contribution in [0, 0.1) is 17.8 Å². The predicted octanol–water partition coefficient (Wildman–Crippen LogP) is 2.14. The van der Waals surface area contributed by atoms with Crippen molar-refractivity contribution in [3.05, 3.63) is 22.8 Å². The number of carbonyl (C=O) groups is 1. The number of carbonyl (C=O) groups excluding carboxylic acids is 1. The Morgan fingerprint density at radius 2 is 2.11 bits per heavy atom. The summed E-state index contributed by atoms with van der Waals surface area (Å²) in [4.78, 5) is 16.0. The number of nitrogens with zero attached hydrogens (tertiary/aromatic N) is 2. The highest BCUT2D eigenvalue weighted by Gasteiger charge is 2.59. The van der Waals surface area contributed by atoms with Crippen LogP contribution in [-0.4, -0.2) is 54.4 Å². The van der Waals surface area contributed by atoms with Gasteiger partial charge in [-0.15, -0.1) is 11.3 Å². The molecular weight excluding hydrogens is 374 g/mol. The predicted molar refractivity (Wildman–Crippen MR) is 95.3 cm³/mol. The van der Waals surface area contributed by atoms with E-state index in [9.17, 15) is 13.6 Å². The van der Waals surface area contributed by atoms with Crippen molar-refractivity contribution in [2.45, 2.75) is 18.4 Å². The van der Waals surface area contributed by atoms with Crippen molar-refractivity contribution in [3.63, 3.8) is 0 Å². The lowest BCUT2D eigenvalue weighted by Crippen LogP contribution is -2.49. The summed E-state index contributed by atoms with van der Waals surface area (Å²) in [6.45, 7) is 1.53. The number of thiophene rings is 1. The van der Waals surface area contributed by atoms with Crippen LogP contribution < -0.4 is 10.2 Å². The number of anilines is 1. The van der Waals surface area contributed by atoms with E-state index in [4.69, 9.17) is 4.74 Å². The van der Waals surface area contributed by atoms with Crippen LogP contribution in [0.25, 0.3) is 10.4 Å². The third kappa shape index (κ3) is 2.30. The van der Waals surface area contributed by atoms with E-state index in [-0.39, 0.29) is 24.9 Å². The van der Waals surface area contributed by atoms with E-state index in [0.29, 0.717) is 45.3 Å². The van der Waals surface area contributed by atoms with Gasteiger partial charge in [-0.2, -0.15) is 5.10 Å². The summed E-state index contributed by atoms with van der Waals surface area (Å²) < 4.78 is 34.6. The molecule has 1 saturated carbocycles. The first-order valence-corrected chi connectivity index (χ1v) is 10.00. The molecular formula is C18H18F2N4O2S. The van der Waals surface area contributed by atoms with E-state index in [2.05, 4.69) is 15.5 Å². The zero-order valence-corrected chi connectivity index (χ0v) is 15.2. The quantitative estimate of drug-likeness (QED) is 0.822. The van der Waals surface area contributed by atoms with Crippen LogP contribution in [0.1, 0.15) is 15.2 Å². The maximum Gasteiger partial charge on any atom is 0.269 e. The molecule has 4 atom stereocenters. The minimum absolute atomic E-state index is 0.102. The van der Waals surface area contributed by atoms with Crippen LogP contribution >= 0.6 is 11.3 Å². The van der Waals surface area contributed by atoms with Crippen LogP contribution in [0.3, 0.4) is 0 Å². The van der Waals surface area contributed by atoms with Crippen LogP contribution in [0.15, 0.2) is 12.4 Å². The molecule has 2 fully saturated rings. The molecule has 2 aromatic heterocycles. The normalized spacial score (nSPS) is 33.3. The molecule has 2 aromatic rings. The number of alkyl halides is 2. The Bertz CT molecular complexity index is 918. The number of nitrogens with one attached hydrogen (secondary N) is 2. The zero-order valence-electron chi connectivity index (χ0n) is 14.4. The van der Waals surface area contributed by atoms with Gasteiger partial charge in [-0.05, 0) is 17.8 Å². The molecule has 1 amide bonds. The number of aromatic amines is 1. The molecule has 5 heterocycles. The van der Waals surface area contributed by atoms with E-state index in [0.717, 1.165) is 18.8 Å². The van der Waals surface area contributed by atoms with Gasteiger partial charge < -0.3 is 15.0 Å². The van der Waals surface area contributed by atoms with Crippen molar-refractivity contribution >= 4 is 22.9 Å². The van der Waals surface area contributed by atoms with E-state index >= 15 is 0 Å². The van der Waals surface area contributed by atoms with Gasteiger partial charge >= 0.3 is 0 Å². The number of halogens is 2. The fourth-order valence-corrected chi connectivity index (χ4v) is 6.39. The zero-order chi connectivity index (χ0) is 18.3. The monoisotopic (exact) mass is 392 g/mol. The van der Waals surface area contributed by atoms with Crippen molar-refractivity contribution in [1.29, 1.82) is 0 Å². The summed E-state index contributed by atoms with van der Waals surface area (Å²) in [5.41, 5.74) is 2.02. The van der Waals surface area contributed by atoms with Gasteiger partial charge in [0.05, 0.1) is 37.7 Å². The Labute approximate surface area is 157 Å². The fraction of sp³-hybridized carbons (Fsp3) is 0.556. The van der Waals surface area contributed by atoms with Gasteiger partial charge in [0.15, 0.2) is 0 Å². The first-order valence-electron chi connectivity index (χ1n) is 9.18. The molecule has 4 aliphatic rings. The van der Waals surface area contributed by atoms with E-state index in [1.54, 1.807) is 17.3 Å². The smallest absolute Gasteiger partial charge is 0.269 e. The van der Waals surface area contributed by atoms with Gasteiger partial charge in [-0.25, -0.2) is 8.78 Å². The second-order valence-corrected chi connectivity index (χ2v) is 9.03. The molecule has 1 unspecified atom stereocenters. The Balaban J connectivity index is 1.43. The van der Waals surface area contributed by atoms with Gasteiger partial charge in [-0.1, -0.05) is 0 Å². The topological polar surface area (TPSA) is 70.2 Å². The van der Waals surface area contributed by atoms with Crippen LogP contribution in [0.2, 0.25) is 0 Å². The first-order chi connectivity index (χ1) is 13.0. The molecule has 0 bridgehead atoms. The van der Waals surface area contributed by atoms with Gasteiger partial charge in [0.2, 0.25) is 0 Å². The highest BCUT2D eigenvalue weighted by molar-refractivity contribution is 7.18. The number of H-pyrrole nitrogens is 1. The molecule has 6 rings (SSSR count). The summed E-state index contributed by atoms with van der Waals surface area (Å²) in [7, 11) is 0. The molecule has 27 heavy (non-hydrogen) atoms. The summed E-state index contributed by atoms with van der Waals surface area (Å²) in [5, 5.41) is 9.80. The molecule has 1 aliphatic carbocycles. The third-order valence-corrected chi connectivity index (χ3v) is 7.61. The van der Waals surface area contributed by atoms with Gasteiger partial charge in [0, 0.05) is 35.2 Å². The van der Waals surface area contributed by atoms with Crippen LogP contribution in [0.5, 0.6) is 0 Å². The van der Waals surface area contributed by atoms with Crippen molar-refractivity contribution < 1.29 is 18.3 Å². The second-order valence-electron chi connectivity index (χ2n) is 8.01. The summed E-state index contributed by atoms with van der Waals surface area (Å²) in [6, 6.07) is -0.102. The van der Waals surface area contributed by atoms with Crippen molar-refractivity contribution in [1.82, 2.24) is 15.5 Å². The fourth-order valence-electron chi connectivity index (χ4n) is 5.16. The number of hydrogen-bond donors (Lipinski definition) is 2. The molecule has 1 saturated heterocycles. The molecule has 142 valence electrons. The van der Waals surface area contributed by atoms with Gasteiger partial charge in [0.25, 0.3) is 11.8 Å². The van der Waals surface area contributed by atoms with E-state index in [1.807, 2.05) is 0 Å². The number of fused-ring (bicyclic) bond motifs is 1. The molecule has 9 heteroatoms. The minimum Gasteiger partial charge on any atom is -0.381 e. The lowest BCUT2D eigenvalue weighted by molar-refractivity contribution is 0.00523. The highest BCUT2D eigenvalue weighted by atomic mass is 32.1. The molecule has 6 nitrogen and oxygen atoms in total. The molecule has 2 N–H and O–H groups in total. The highest BCUT2D eigenvalue weighted by Crippen LogP contribution is 2.54. The van der Waals surface area contributed by atoms with Crippen LogP contribution in [-0.2, 0) is 11.2 Å². The molecule has 3 aliphatic heterocycles. The van der Waals surface area contributed by atoms with Gasteiger partial charge in [0.1, 0.15) is 4.88 Å². The van der Waals surface area contributed by atoms with E-state index < -0.39 is 5.92 Å². The third-order valence-electron chi connectivity index (χ3n) is 6.34. The van der Waals surface area contributed by atoms with Crippen molar-refractivity contribution in [3.8, 4) is 10.4 Å². The summed E-state index contributed by atoms with van der Waals surface area (Å²) >= 11 is 1.29. The Kier molecular flexibility index (Phi) is 3.13. The SMILES string of the molecule is O=C1N[C@@H](C2[C@H]3COC[C@@H]23)CN2CC(F)(F)Cc3c(-c4cn[nH]c4)sc1c32. The molecule has 0 spiro atoms. The maximum atomic E-state index is 14.6. The van der Waals surface area contributed by atoms with Crippen LogP contribution in [0.4, 0.5) is 14.5 Å². The van der Waals surface area contributed by atoms with E-state index in [1.165, 1.54) is 11.3 Å². The average Bonchev–Trinajstić information content (AvgIpc) is 3.07. The Morgan fingerprint density at radius 3 is 2.85 bits per heavy atom. The number of amides is 1. The first kappa shape index (κ1) is 16.0. The summed E-state index contributed by atoms with van der Waals surface area (Å²) in [6.07, 6.45) is 2.96. The van der Waals surface area contributed by atoms with Crippen molar-refractivity contribution in [2.24, 2.45) is 17.8 Å². The number of aromatic nitrogens is 2.